The molecule has 0 atom stereocenters. The Morgan fingerprint density at radius 2 is 2.00 bits per heavy atom. The van der Waals surface area contributed by atoms with Crippen molar-refractivity contribution in [2.45, 2.75) is 0 Å². The molecule has 0 aliphatic carbocycles. The van der Waals surface area contributed by atoms with Gasteiger partial charge in [-0.2, -0.15) is 5.10 Å². The van der Waals surface area contributed by atoms with Gasteiger partial charge in [0.25, 0.3) is 5.56 Å². The zero-order valence-electron chi connectivity index (χ0n) is 10.6. The predicted octanol–water partition coefficient (Wildman–Crippen LogP) is 2.37. The number of nitrogens with zero attached hydrogens (tertiary/aromatic N) is 2. The van der Waals surface area contributed by atoms with Crippen LogP contribution in [0.15, 0.2) is 64.8 Å². The lowest BCUT2D eigenvalue weighted by Crippen LogP contribution is -2.06. The first-order valence-electron chi connectivity index (χ1n) is 6.14. The maximum absolute atomic E-state index is 11.7. The Bertz CT molecular complexity index is 809. The van der Waals surface area contributed by atoms with Crippen molar-refractivity contribution in [1.82, 2.24) is 9.97 Å². The number of rotatable bonds is 3. The molecule has 5 heteroatoms. The molecule has 0 unspecified atom stereocenters. The van der Waals surface area contributed by atoms with Gasteiger partial charge >= 0.3 is 0 Å². The van der Waals surface area contributed by atoms with E-state index in [1.807, 2.05) is 36.4 Å². The second-order valence-corrected chi connectivity index (χ2v) is 4.24. The molecule has 20 heavy (non-hydrogen) atoms. The van der Waals surface area contributed by atoms with Gasteiger partial charge in [0.2, 0.25) is 0 Å². The van der Waals surface area contributed by atoms with Crippen LogP contribution in [-0.4, -0.2) is 16.2 Å². The lowest BCUT2D eigenvalue weighted by Gasteiger charge is -1.99. The number of hydrogen-bond donors (Lipinski definition) is 2. The van der Waals surface area contributed by atoms with Crippen molar-refractivity contribution in [2.75, 3.05) is 5.43 Å². The lowest BCUT2D eigenvalue weighted by atomic mass is 10.1. The average molecular weight is 264 g/mol. The van der Waals surface area contributed by atoms with Crippen LogP contribution in [0, 0.1) is 0 Å². The van der Waals surface area contributed by atoms with Crippen LogP contribution in [0.2, 0.25) is 0 Å². The molecule has 2 aromatic carbocycles. The van der Waals surface area contributed by atoms with E-state index in [4.69, 9.17) is 0 Å². The molecule has 0 aliphatic rings. The van der Waals surface area contributed by atoms with Gasteiger partial charge in [0.1, 0.15) is 0 Å². The van der Waals surface area contributed by atoms with Crippen LogP contribution >= 0.6 is 0 Å². The number of anilines is 1. The molecular formula is C15H12N4O. The van der Waals surface area contributed by atoms with Gasteiger partial charge in [-0.25, -0.2) is 4.98 Å². The number of hydrogen-bond acceptors (Lipinski definition) is 4. The highest BCUT2D eigenvalue weighted by atomic mass is 16.1. The smallest absolute Gasteiger partial charge is 0.258 e. The van der Waals surface area contributed by atoms with Gasteiger partial charge in [-0.05, 0) is 29.8 Å². The number of hydrazone groups is 1. The highest BCUT2D eigenvalue weighted by Crippen LogP contribution is 2.08. The molecular weight excluding hydrogens is 252 g/mol. The molecule has 1 heterocycles. The Kier molecular flexibility index (Phi) is 3.24. The molecule has 3 aromatic rings. The van der Waals surface area contributed by atoms with E-state index < -0.39 is 0 Å². The fourth-order valence-corrected chi connectivity index (χ4v) is 1.86. The summed E-state index contributed by atoms with van der Waals surface area (Å²) in [5.41, 5.74) is 5.18. The molecule has 0 saturated heterocycles. The van der Waals surface area contributed by atoms with Crippen LogP contribution in [0.4, 0.5) is 5.69 Å². The van der Waals surface area contributed by atoms with Crippen LogP contribution in [0.25, 0.3) is 10.9 Å². The summed E-state index contributed by atoms with van der Waals surface area (Å²) in [5, 5.41) is 4.69. The summed E-state index contributed by atoms with van der Waals surface area (Å²) in [6.07, 6.45) is 3.06. The average Bonchev–Trinajstić information content (AvgIpc) is 2.49. The van der Waals surface area contributed by atoms with E-state index in [9.17, 15) is 4.79 Å². The van der Waals surface area contributed by atoms with Gasteiger partial charge in [-0.15, -0.1) is 0 Å². The number of para-hydroxylation sites is 1. The molecule has 0 radical (unpaired) electrons. The Hall–Kier alpha value is -2.95. The Balaban J connectivity index is 1.84. The Morgan fingerprint density at radius 3 is 2.85 bits per heavy atom. The van der Waals surface area contributed by atoms with E-state index >= 15 is 0 Å². The third-order valence-electron chi connectivity index (χ3n) is 2.85. The summed E-state index contributed by atoms with van der Waals surface area (Å²) in [7, 11) is 0. The number of benzene rings is 2. The predicted molar refractivity (Wildman–Crippen MR) is 80.0 cm³/mol. The minimum atomic E-state index is -0.152. The molecule has 0 bridgehead atoms. The van der Waals surface area contributed by atoms with E-state index in [1.165, 1.54) is 6.33 Å². The zero-order chi connectivity index (χ0) is 13.8. The minimum Gasteiger partial charge on any atom is -0.313 e. The molecule has 0 spiro atoms. The van der Waals surface area contributed by atoms with Crippen LogP contribution in [0.1, 0.15) is 5.56 Å². The van der Waals surface area contributed by atoms with E-state index in [-0.39, 0.29) is 5.56 Å². The number of aromatic amines is 1. The van der Waals surface area contributed by atoms with Crippen molar-refractivity contribution >= 4 is 22.8 Å². The fraction of sp³-hybridized carbons (Fsp3) is 0. The molecule has 0 amide bonds. The van der Waals surface area contributed by atoms with Gasteiger partial charge in [0.15, 0.2) is 0 Å². The standard InChI is InChI=1S/C15H12N4O/c20-15-13-8-11(6-7-14(13)16-10-17-15)9-18-19-12-4-2-1-3-5-12/h1-10,19H,(H,16,17,20). The lowest BCUT2D eigenvalue weighted by molar-refractivity contribution is 1.17. The summed E-state index contributed by atoms with van der Waals surface area (Å²) >= 11 is 0. The number of aromatic nitrogens is 2. The van der Waals surface area contributed by atoms with Crippen LogP contribution in [0.3, 0.4) is 0 Å². The first kappa shape index (κ1) is 12.1. The topological polar surface area (TPSA) is 70.1 Å². The first-order valence-corrected chi connectivity index (χ1v) is 6.14. The molecule has 98 valence electrons. The highest BCUT2D eigenvalue weighted by molar-refractivity contribution is 5.88. The number of nitrogens with one attached hydrogen (secondary N) is 2. The molecule has 1 aromatic heterocycles. The minimum absolute atomic E-state index is 0.152. The molecule has 5 nitrogen and oxygen atoms in total. The summed E-state index contributed by atoms with van der Waals surface area (Å²) in [6, 6.07) is 15.1. The maximum atomic E-state index is 11.7. The largest absolute Gasteiger partial charge is 0.313 e. The van der Waals surface area contributed by atoms with Gasteiger partial charge in [0, 0.05) is 0 Å². The summed E-state index contributed by atoms with van der Waals surface area (Å²) in [6.45, 7) is 0. The van der Waals surface area contributed by atoms with Crippen molar-refractivity contribution in [3.63, 3.8) is 0 Å². The summed E-state index contributed by atoms with van der Waals surface area (Å²) in [4.78, 5) is 18.3. The van der Waals surface area contributed by atoms with E-state index in [2.05, 4.69) is 20.5 Å². The van der Waals surface area contributed by atoms with E-state index in [0.29, 0.717) is 10.9 Å². The fourth-order valence-electron chi connectivity index (χ4n) is 1.86. The van der Waals surface area contributed by atoms with Crippen LogP contribution in [0.5, 0.6) is 0 Å². The molecule has 0 aliphatic heterocycles. The van der Waals surface area contributed by atoms with Gasteiger partial charge in [-0.1, -0.05) is 24.3 Å². The normalized spacial score (nSPS) is 11.0. The van der Waals surface area contributed by atoms with E-state index in [1.54, 1.807) is 18.3 Å². The van der Waals surface area contributed by atoms with Crippen molar-refractivity contribution in [3.8, 4) is 0 Å². The second-order valence-electron chi connectivity index (χ2n) is 4.24. The third kappa shape index (κ3) is 2.56. The molecule has 0 saturated carbocycles. The van der Waals surface area contributed by atoms with Crippen molar-refractivity contribution in [3.05, 3.63) is 70.8 Å². The van der Waals surface area contributed by atoms with Crippen molar-refractivity contribution in [1.29, 1.82) is 0 Å². The quantitative estimate of drug-likeness (QED) is 0.563. The molecule has 0 fully saturated rings. The second kappa shape index (κ2) is 5.36. The monoisotopic (exact) mass is 264 g/mol. The van der Waals surface area contributed by atoms with Crippen molar-refractivity contribution in [2.24, 2.45) is 5.10 Å². The maximum Gasteiger partial charge on any atom is 0.258 e. The number of H-pyrrole nitrogens is 1. The first-order chi connectivity index (χ1) is 9.83. The van der Waals surface area contributed by atoms with Crippen LogP contribution < -0.4 is 11.0 Å². The third-order valence-corrected chi connectivity index (χ3v) is 2.85. The van der Waals surface area contributed by atoms with Crippen LogP contribution in [-0.2, 0) is 0 Å². The zero-order valence-corrected chi connectivity index (χ0v) is 10.6. The number of fused-ring (bicyclic) bond motifs is 1. The molecule has 3 rings (SSSR count). The van der Waals surface area contributed by atoms with Gasteiger partial charge in [0.05, 0.1) is 29.1 Å². The van der Waals surface area contributed by atoms with Gasteiger partial charge in [-0.3, -0.25) is 10.2 Å². The summed E-state index contributed by atoms with van der Waals surface area (Å²) < 4.78 is 0. The summed E-state index contributed by atoms with van der Waals surface area (Å²) in [5.74, 6) is 0. The van der Waals surface area contributed by atoms with Crippen molar-refractivity contribution < 1.29 is 0 Å². The molecule has 2 N–H and O–H groups in total. The Morgan fingerprint density at radius 1 is 1.15 bits per heavy atom. The SMILES string of the molecule is O=c1[nH]cnc2ccc(C=NNc3ccccc3)cc12. The van der Waals surface area contributed by atoms with Gasteiger partial charge < -0.3 is 4.98 Å². The Labute approximate surface area is 115 Å². The highest BCUT2D eigenvalue weighted by Gasteiger charge is 1.99. The van der Waals surface area contributed by atoms with E-state index in [0.717, 1.165) is 11.3 Å².